The first-order valence-corrected chi connectivity index (χ1v) is 6.22. The van der Waals surface area contributed by atoms with Gasteiger partial charge in [0.15, 0.2) is 0 Å². The van der Waals surface area contributed by atoms with E-state index in [1.807, 2.05) is 0 Å². The van der Waals surface area contributed by atoms with Crippen LogP contribution in [0.25, 0.3) is 0 Å². The highest BCUT2D eigenvalue weighted by Gasteiger charge is 2.28. The SMILES string of the molecule is OC1(CNCC2CC2)CCCCCC1. The van der Waals surface area contributed by atoms with E-state index in [9.17, 15) is 5.11 Å². The zero-order valence-electron chi connectivity index (χ0n) is 9.10. The van der Waals surface area contributed by atoms with Crippen LogP contribution in [0.5, 0.6) is 0 Å². The van der Waals surface area contributed by atoms with E-state index < -0.39 is 0 Å². The molecule has 14 heavy (non-hydrogen) atoms. The van der Waals surface area contributed by atoms with E-state index in [1.54, 1.807) is 0 Å². The van der Waals surface area contributed by atoms with Crippen LogP contribution in [0.3, 0.4) is 0 Å². The van der Waals surface area contributed by atoms with Gasteiger partial charge in [-0.05, 0) is 38.1 Å². The van der Waals surface area contributed by atoms with Gasteiger partial charge >= 0.3 is 0 Å². The number of hydrogen-bond acceptors (Lipinski definition) is 2. The summed E-state index contributed by atoms with van der Waals surface area (Å²) in [6.45, 7) is 1.95. The third-order valence-corrected chi connectivity index (χ3v) is 3.62. The molecule has 0 amide bonds. The zero-order chi connectivity index (χ0) is 9.86. The Kier molecular flexibility index (Phi) is 3.45. The van der Waals surface area contributed by atoms with Gasteiger partial charge in [0.2, 0.25) is 0 Å². The summed E-state index contributed by atoms with van der Waals surface area (Å²) in [7, 11) is 0. The van der Waals surface area contributed by atoms with Crippen molar-refractivity contribution in [2.45, 2.75) is 57.0 Å². The Morgan fingerprint density at radius 1 is 1.07 bits per heavy atom. The highest BCUT2D eigenvalue weighted by atomic mass is 16.3. The van der Waals surface area contributed by atoms with Crippen LogP contribution in [0.15, 0.2) is 0 Å². The van der Waals surface area contributed by atoms with Crippen LogP contribution in [0.2, 0.25) is 0 Å². The van der Waals surface area contributed by atoms with Gasteiger partial charge in [-0.2, -0.15) is 0 Å². The maximum atomic E-state index is 10.3. The largest absolute Gasteiger partial charge is 0.389 e. The summed E-state index contributed by atoms with van der Waals surface area (Å²) >= 11 is 0. The molecule has 2 aliphatic rings. The van der Waals surface area contributed by atoms with Crippen molar-refractivity contribution in [2.75, 3.05) is 13.1 Å². The molecule has 2 N–H and O–H groups in total. The Morgan fingerprint density at radius 2 is 1.71 bits per heavy atom. The normalized spacial score (nSPS) is 27.2. The molecule has 2 heteroatoms. The number of hydrogen-bond donors (Lipinski definition) is 2. The van der Waals surface area contributed by atoms with Crippen LogP contribution >= 0.6 is 0 Å². The Labute approximate surface area is 87.1 Å². The first-order chi connectivity index (χ1) is 6.79. The lowest BCUT2D eigenvalue weighted by Crippen LogP contribution is -2.40. The van der Waals surface area contributed by atoms with Gasteiger partial charge in [0.25, 0.3) is 0 Å². The van der Waals surface area contributed by atoms with E-state index in [0.29, 0.717) is 0 Å². The van der Waals surface area contributed by atoms with Crippen molar-refractivity contribution in [3.63, 3.8) is 0 Å². The van der Waals surface area contributed by atoms with Crippen molar-refractivity contribution in [1.29, 1.82) is 0 Å². The third-order valence-electron chi connectivity index (χ3n) is 3.62. The fourth-order valence-electron chi connectivity index (χ4n) is 2.39. The summed E-state index contributed by atoms with van der Waals surface area (Å²) in [6, 6.07) is 0. The quantitative estimate of drug-likeness (QED) is 0.676. The number of nitrogens with one attached hydrogen (secondary N) is 1. The lowest BCUT2D eigenvalue weighted by Gasteiger charge is -2.26. The van der Waals surface area contributed by atoms with Gasteiger partial charge in [-0.25, -0.2) is 0 Å². The molecule has 2 saturated carbocycles. The Morgan fingerprint density at radius 3 is 2.29 bits per heavy atom. The van der Waals surface area contributed by atoms with Crippen molar-refractivity contribution in [1.82, 2.24) is 5.32 Å². The molecule has 2 nitrogen and oxygen atoms in total. The molecule has 2 fully saturated rings. The summed E-state index contributed by atoms with van der Waals surface area (Å²) < 4.78 is 0. The molecule has 0 radical (unpaired) electrons. The second kappa shape index (κ2) is 4.63. The fraction of sp³-hybridized carbons (Fsp3) is 1.00. The molecule has 0 heterocycles. The monoisotopic (exact) mass is 197 g/mol. The second-order valence-corrected chi connectivity index (χ2v) is 5.21. The molecule has 0 bridgehead atoms. The standard InChI is InChI=1S/C12H23NO/c14-12(7-3-1-2-4-8-12)10-13-9-11-5-6-11/h11,13-14H,1-10H2. The highest BCUT2D eigenvalue weighted by Crippen LogP contribution is 2.29. The van der Waals surface area contributed by atoms with Gasteiger partial charge in [-0.15, -0.1) is 0 Å². The summed E-state index contributed by atoms with van der Waals surface area (Å²) in [4.78, 5) is 0. The molecule has 2 aliphatic carbocycles. The summed E-state index contributed by atoms with van der Waals surface area (Å²) in [5.41, 5.74) is -0.384. The van der Waals surface area contributed by atoms with Crippen molar-refractivity contribution < 1.29 is 5.11 Å². The van der Waals surface area contributed by atoms with E-state index in [4.69, 9.17) is 0 Å². The van der Waals surface area contributed by atoms with Crippen LogP contribution in [0, 0.1) is 5.92 Å². The average molecular weight is 197 g/mol. The second-order valence-electron chi connectivity index (χ2n) is 5.21. The molecule has 2 rings (SSSR count). The van der Waals surface area contributed by atoms with Crippen LogP contribution in [0.4, 0.5) is 0 Å². The minimum absolute atomic E-state index is 0.384. The maximum absolute atomic E-state index is 10.3. The van der Waals surface area contributed by atoms with Gasteiger partial charge < -0.3 is 10.4 Å². The molecule has 0 aromatic heterocycles. The van der Waals surface area contributed by atoms with Gasteiger partial charge in [0, 0.05) is 6.54 Å². The zero-order valence-corrected chi connectivity index (χ0v) is 9.10. The van der Waals surface area contributed by atoms with Gasteiger partial charge in [0.1, 0.15) is 0 Å². The van der Waals surface area contributed by atoms with Crippen LogP contribution in [-0.4, -0.2) is 23.8 Å². The summed E-state index contributed by atoms with van der Waals surface area (Å²) in [6.07, 6.45) is 9.84. The number of rotatable bonds is 4. The van der Waals surface area contributed by atoms with E-state index in [0.717, 1.165) is 31.8 Å². The molecule has 0 unspecified atom stereocenters. The predicted molar refractivity (Wildman–Crippen MR) is 58.2 cm³/mol. The van der Waals surface area contributed by atoms with Gasteiger partial charge in [-0.3, -0.25) is 0 Å². The smallest absolute Gasteiger partial charge is 0.0771 e. The average Bonchev–Trinajstić information content (AvgIpc) is 2.94. The molecule has 0 spiro atoms. The summed E-state index contributed by atoms with van der Waals surface area (Å²) in [5.74, 6) is 0.921. The Hall–Kier alpha value is -0.0800. The first-order valence-electron chi connectivity index (χ1n) is 6.22. The highest BCUT2D eigenvalue weighted by molar-refractivity contribution is 4.84. The summed E-state index contributed by atoms with van der Waals surface area (Å²) in [5, 5.41) is 13.8. The lowest BCUT2D eigenvalue weighted by atomic mass is 9.94. The van der Waals surface area contributed by atoms with Crippen molar-refractivity contribution in [2.24, 2.45) is 5.92 Å². The van der Waals surface area contributed by atoms with E-state index >= 15 is 0 Å². The Bertz CT molecular complexity index is 169. The van der Waals surface area contributed by atoms with Crippen LogP contribution in [0.1, 0.15) is 51.4 Å². The number of aliphatic hydroxyl groups is 1. The topological polar surface area (TPSA) is 32.3 Å². The van der Waals surface area contributed by atoms with Crippen LogP contribution in [-0.2, 0) is 0 Å². The fourth-order valence-corrected chi connectivity index (χ4v) is 2.39. The lowest BCUT2D eigenvalue weighted by molar-refractivity contribution is 0.0252. The molecule has 0 saturated heterocycles. The third kappa shape index (κ3) is 3.25. The minimum Gasteiger partial charge on any atom is -0.389 e. The van der Waals surface area contributed by atoms with E-state index in [1.165, 1.54) is 38.5 Å². The minimum atomic E-state index is -0.384. The van der Waals surface area contributed by atoms with Crippen molar-refractivity contribution in [3.8, 4) is 0 Å². The molecule has 82 valence electrons. The molecule has 0 aromatic rings. The maximum Gasteiger partial charge on any atom is 0.0771 e. The van der Waals surface area contributed by atoms with E-state index in [2.05, 4.69) is 5.32 Å². The predicted octanol–water partition coefficient (Wildman–Crippen LogP) is 2.07. The van der Waals surface area contributed by atoms with E-state index in [-0.39, 0.29) is 5.60 Å². The molecular weight excluding hydrogens is 174 g/mol. The Balaban J connectivity index is 1.68. The first kappa shape index (κ1) is 10.4. The molecule has 0 atom stereocenters. The van der Waals surface area contributed by atoms with Crippen LogP contribution < -0.4 is 5.32 Å². The van der Waals surface area contributed by atoms with Gasteiger partial charge in [0.05, 0.1) is 5.60 Å². The van der Waals surface area contributed by atoms with Crippen molar-refractivity contribution in [3.05, 3.63) is 0 Å². The van der Waals surface area contributed by atoms with Crippen molar-refractivity contribution >= 4 is 0 Å². The molecule has 0 aliphatic heterocycles. The van der Waals surface area contributed by atoms with Gasteiger partial charge in [-0.1, -0.05) is 25.7 Å². The molecule has 0 aromatic carbocycles. The molecular formula is C12H23NO.